The summed E-state index contributed by atoms with van der Waals surface area (Å²) in [5.74, 6) is -0.0193. The SMILES string of the molecule is CCCCC/C=C\C/C=C\CCCCCCCCOCC(COCCCCCCCC/C=C\C/C=C\CCCCC)COC(=O)CCCN(C)C. The molecule has 0 spiro atoms. The van der Waals surface area contributed by atoms with E-state index in [-0.39, 0.29) is 11.9 Å². The highest BCUT2D eigenvalue weighted by atomic mass is 16.5. The zero-order valence-corrected chi connectivity index (χ0v) is 34.4. The Morgan fingerprint density at radius 1 is 0.490 bits per heavy atom. The molecule has 0 aromatic rings. The smallest absolute Gasteiger partial charge is 0.305 e. The summed E-state index contributed by atoms with van der Waals surface area (Å²) in [6.45, 7) is 8.52. The van der Waals surface area contributed by atoms with E-state index in [1.54, 1.807) is 0 Å². The molecule has 5 heteroatoms. The van der Waals surface area contributed by atoms with Crippen molar-refractivity contribution >= 4 is 5.97 Å². The molecule has 298 valence electrons. The van der Waals surface area contributed by atoms with Gasteiger partial charge in [-0.1, -0.05) is 140 Å². The Labute approximate surface area is 318 Å². The zero-order chi connectivity index (χ0) is 37.1. The highest BCUT2D eigenvalue weighted by molar-refractivity contribution is 5.69. The first-order valence-electron chi connectivity index (χ1n) is 21.7. The number of carbonyl (C=O) groups is 1. The molecule has 0 aliphatic rings. The van der Waals surface area contributed by atoms with Gasteiger partial charge in [-0.25, -0.2) is 0 Å². The van der Waals surface area contributed by atoms with Crippen LogP contribution in [-0.2, 0) is 19.0 Å². The van der Waals surface area contributed by atoms with Crippen molar-refractivity contribution in [2.45, 2.75) is 181 Å². The van der Waals surface area contributed by atoms with E-state index < -0.39 is 0 Å². The lowest BCUT2D eigenvalue weighted by atomic mass is 10.1. The minimum atomic E-state index is -0.114. The average Bonchev–Trinajstić information content (AvgIpc) is 3.12. The molecule has 0 bridgehead atoms. The zero-order valence-electron chi connectivity index (χ0n) is 34.4. The van der Waals surface area contributed by atoms with Crippen molar-refractivity contribution in [3.63, 3.8) is 0 Å². The van der Waals surface area contributed by atoms with Gasteiger partial charge < -0.3 is 19.1 Å². The number of ether oxygens (including phenoxy) is 3. The highest BCUT2D eigenvalue weighted by Gasteiger charge is 2.13. The maximum atomic E-state index is 12.3. The Balaban J connectivity index is 3.98. The van der Waals surface area contributed by atoms with Crippen LogP contribution < -0.4 is 0 Å². The predicted molar refractivity (Wildman–Crippen MR) is 223 cm³/mol. The molecule has 0 heterocycles. The van der Waals surface area contributed by atoms with Gasteiger partial charge in [0.25, 0.3) is 0 Å². The van der Waals surface area contributed by atoms with Gasteiger partial charge in [0.2, 0.25) is 0 Å². The molecule has 51 heavy (non-hydrogen) atoms. The standard InChI is InChI=1S/C46H85NO4/c1-5-7-9-11-13-15-17-19-21-23-25-27-29-31-33-35-40-49-42-45(44-51-46(48)38-37-39-47(3)4)43-50-41-36-34-32-30-28-26-24-22-20-18-16-14-12-10-8-6-2/h13-16,19-22,45H,5-12,17-18,23-44H2,1-4H3/b15-13-,16-14-,21-19-,22-20-. The summed E-state index contributed by atoms with van der Waals surface area (Å²) in [4.78, 5) is 14.4. The fourth-order valence-electron chi connectivity index (χ4n) is 5.85. The van der Waals surface area contributed by atoms with E-state index in [1.807, 2.05) is 14.1 Å². The summed E-state index contributed by atoms with van der Waals surface area (Å²) >= 11 is 0. The number of allylic oxidation sites excluding steroid dienone is 8. The predicted octanol–water partition coefficient (Wildman–Crippen LogP) is 13.1. The molecule has 0 aliphatic carbocycles. The summed E-state index contributed by atoms with van der Waals surface area (Å²) in [5.41, 5.74) is 0. The number of hydrogen-bond donors (Lipinski definition) is 0. The largest absolute Gasteiger partial charge is 0.465 e. The molecule has 5 nitrogen and oxygen atoms in total. The third-order valence-corrected chi connectivity index (χ3v) is 9.15. The van der Waals surface area contributed by atoms with Gasteiger partial charge in [0.05, 0.1) is 19.8 Å². The number of hydrogen-bond acceptors (Lipinski definition) is 5. The Bertz CT molecular complexity index is 766. The second-order valence-electron chi connectivity index (χ2n) is 14.8. The van der Waals surface area contributed by atoms with Crippen LogP contribution in [0.4, 0.5) is 0 Å². The molecule has 0 N–H and O–H groups in total. The van der Waals surface area contributed by atoms with Crippen LogP contribution in [0.15, 0.2) is 48.6 Å². The van der Waals surface area contributed by atoms with Crippen molar-refractivity contribution < 1.29 is 19.0 Å². The molecule has 0 aliphatic heterocycles. The molecule has 0 aromatic heterocycles. The van der Waals surface area contributed by atoms with E-state index in [4.69, 9.17) is 14.2 Å². The maximum absolute atomic E-state index is 12.3. The third kappa shape index (κ3) is 42.6. The van der Waals surface area contributed by atoms with E-state index >= 15 is 0 Å². The lowest BCUT2D eigenvalue weighted by molar-refractivity contribution is -0.146. The van der Waals surface area contributed by atoms with Crippen LogP contribution in [0.25, 0.3) is 0 Å². The first-order valence-corrected chi connectivity index (χ1v) is 21.7. The Morgan fingerprint density at radius 2 is 0.882 bits per heavy atom. The molecular formula is C46H85NO4. The Hall–Kier alpha value is -1.69. The van der Waals surface area contributed by atoms with Crippen LogP contribution in [0, 0.1) is 5.92 Å². The van der Waals surface area contributed by atoms with E-state index in [1.165, 1.54) is 128 Å². The Kier molecular flexibility index (Phi) is 41.3. The van der Waals surface area contributed by atoms with Crippen LogP contribution in [0.1, 0.15) is 181 Å². The first-order chi connectivity index (χ1) is 25.1. The number of nitrogens with zero attached hydrogens (tertiary/aromatic N) is 1. The normalized spacial score (nSPS) is 12.4. The minimum absolute atomic E-state index is 0.0944. The number of esters is 1. The number of rotatable bonds is 40. The number of unbranched alkanes of at least 4 members (excludes halogenated alkanes) is 18. The van der Waals surface area contributed by atoms with Crippen molar-refractivity contribution in [3.8, 4) is 0 Å². The molecule has 0 fully saturated rings. The van der Waals surface area contributed by atoms with Crippen LogP contribution in [-0.4, -0.2) is 64.5 Å². The van der Waals surface area contributed by atoms with Crippen LogP contribution in [0.3, 0.4) is 0 Å². The van der Waals surface area contributed by atoms with Crippen LogP contribution in [0.2, 0.25) is 0 Å². The molecule has 0 unspecified atom stereocenters. The monoisotopic (exact) mass is 716 g/mol. The minimum Gasteiger partial charge on any atom is -0.465 e. The van der Waals surface area contributed by atoms with E-state index in [0.29, 0.717) is 26.2 Å². The van der Waals surface area contributed by atoms with Gasteiger partial charge in [-0.3, -0.25) is 4.79 Å². The van der Waals surface area contributed by atoms with Gasteiger partial charge in [-0.15, -0.1) is 0 Å². The highest BCUT2D eigenvalue weighted by Crippen LogP contribution is 2.11. The summed E-state index contributed by atoms with van der Waals surface area (Å²) in [6, 6.07) is 0. The second-order valence-corrected chi connectivity index (χ2v) is 14.8. The van der Waals surface area contributed by atoms with E-state index in [9.17, 15) is 4.79 Å². The van der Waals surface area contributed by atoms with Crippen molar-refractivity contribution in [3.05, 3.63) is 48.6 Å². The molecule has 0 saturated carbocycles. The maximum Gasteiger partial charge on any atom is 0.305 e. The quantitative estimate of drug-likeness (QED) is 0.0359. The molecule has 0 saturated heterocycles. The number of carbonyl (C=O) groups excluding carboxylic acids is 1. The summed E-state index contributed by atoms with van der Waals surface area (Å²) in [7, 11) is 4.06. The van der Waals surface area contributed by atoms with Gasteiger partial charge in [-0.05, 0) is 104 Å². The summed E-state index contributed by atoms with van der Waals surface area (Å²) in [5, 5.41) is 0. The van der Waals surface area contributed by atoms with Crippen molar-refractivity contribution in [1.29, 1.82) is 0 Å². The molecule has 0 radical (unpaired) electrons. The molecule has 0 rings (SSSR count). The van der Waals surface area contributed by atoms with Crippen molar-refractivity contribution in [2.75, 3.05) is 53.7 Å². The second kappa shape index (κ2) is 42.7. The van der Waals surface area contributed by atoms with Gasteiger partial charge in [-0.2, -0.15) is 0 Å². The van der Waals surface area contributed by atoms with Gasteiger partial charge in [0.1, 0.15) is 0 Å². The Morgan fingerprint density at radius 3 is 1.29 bits per heavy atom. The molecule has 0 aromatic carbocycles. The van der Waals surface area contributed by atoms with Gasteiger partial charge >= 0.3 is 5.97 Å². The van der Waals surface area contributed by atoms with E-state index in [0.717, 1.165) is 51.9 Å². The van der Waals surface area contributed by atoms with Crippen molar-refractivity contribution in [1.82, 2.24) is 4.90 Å². The summed E-state index contributed by atoms with van der Waals surface area (Å²) < 4.78 is 17.7. The topological polar surface area (TPSA) is 48.0 Å². The van der Waals surface area contributed by atoms with Gasteiger partial charge in [0, 0.05) is 25.6 Å². The third-order valence-electron chi connectivity index (χ3n) is 9.15. The van der Waals surface area contributed by atoms with E-state index in [2.05, 4.69) is 67.4 Å². The lowest BCUT2D eigenvalue weighted by Gasteiger charge is -2.18. The van der Waals surface area contributed by atoms with Crippen LogP contribution >= 0.6 is 0 Å². The van der Waals surface area contributed by atoms with Crippen molar-refractivity contribution in [2.24, 2.45) is 5.92 Å². The fourth-order valence-corrected chi connectivity index (χ4v) is 5.85. The molecule has 0 atom stereocenters. The van der Waals surface area contributed by atoms with Crippen LogP contribution in [0.5, 0.6) is 0 Å². The first kappa shape index (κ1) is 49.3. The summed E-state index contributed by atoms with van der Waals surface area (Å²) in [6.07, 6.45) is 49.8. The fraction of sp³-hybridized carbons (Fsp3) is 0.804. The molecule has 0 amide bonds. The average molecular weight is 716 g/mol. The van der Waals surface area contributed by atoms with Gasteiger partial charge in [0.15, 0.2) is 0 Å². The lowest BCUT2D eigenvalue weighted by Crippen LogP contribution is -2.24. The molecular weight excluding hydrogens is 631 g/mol.